The van der Waals surface area contributed by atoms with Crippen LogP contribution in [0, 0.1) is 12.7 Å². The van der Waals surface area contributed by atoms with Crippen LogP contribution in [0.1, 0.15) is 61.2 Å². The number of carboxylic acids is 1. The van der Waals surface area contributed by atoms with Crippen LogP contribution < -0.4 is 0 Å². The van der Waals surface area contributed by atoms with Crippen molar-refractivity contribution in [3.63, 3.8) is 0 Å². The van der Waals surface area contributed by atoms with Crippen molar-refractivity contribution in [1.82, 2.24) is 4.98 Å². The standard InChI is InChI=1S/C26H30FNO4S/c1-5-20-15(4)33-26-24(20)23(16-6-8-17(27)9-7-16)21(25(28-26)14(2)3)11-10-18(29)12-19(30)13-22(31)32/h6-11,14,18-19,29-30H,5,12-13H2,1-4H3,(H,31,32)/b11-10+/t18-,19-/m1/s1. The van der Waals surface area contributed by atoms with E-state index in [0.717, 1.165) is 39.0 Å². The minimum atomic E-state index is -1.14. The number of benzene rings is 1. The summed E-state index contributed by atoms with van der Waals surface area (Å²) in [5.74, 6) is -1.34. The number of aryl methyl sites for hydroxylation is 2. The summed E-state index contributed by atoms with van der Waals surface area (Å²) in [6.07, 6.45) is 1.52. The number of carboxylic acid groups (broad SMARTS) is 1. The number of aliphatic hydroxyl groups excluding tert-OH is 2. The molecule has 0 aliphatic rings. The highest BCUT2D eigenvalue weighted by atomic mass is 32.1. The Bertz CT molecular complexity index is 1170. The van der Waals surface area contributed by atoms with Gasteiger partial charge in [-0.15, -0.1) is 11.3 Å². The molecule has 0 bridgehead atoms. The summed E-state index contributed by atoms with van der Waals surface area (Å²) < 4.78 is 13.7. The Morgan fingerprint density at radius 3 is 2.45 bits per heavy atom. The zero-order chi connectivity index (χ0) is 24.3. The molecule has 7 heteroatoms. The van der Waals surface area contributed by atoms with E-state index in [4.69, 9.17) is 10.1 Å². The highest BCUT2D eigenvalue weighted by molar-refractivity contribution is 7.18. The fourth-order valence-corrected chi connectivity index (χ4v) is 5.26. The number of hydrogen-bond donors (Lipinski definition) is 3. The number of aliphatic carboxylic acids is 1. The molecule has 3 rings (SSSR count). The molecule has 3 N–H and O–H groups in total. The first-order valence-corrected chi connectivity index (χ1v) is 11.9. The van der Waals surface area contributed by atoms with E-state index in [0.29, 0.717) is 0 Å². The maximum absolute atomic E-state index is 13.7. The average molecular weight is 472 g/mol. The van der Waals surface area contributed by atoms with Gasteiger partial charge in [0.1, 0.15) is 10.6 Å². The third-order valence-corrected chi connectivity index (χ3v) is 6.69. The number of nitrogens with zero attached hydrogens (tertiary/aromatic N) is 1. The molecule has 0 aliphatic carbocycles. The van der Waals surface area contributed by atoms with Crippen molar-refractivity contribution >= 4 is 33.6 Å². The topological polar surface area (TPSA) is 90.7 Å². The van der Waals surface area contributed by atoms with Crippen molar-refractivity contribution in [3.05, 3.63) is 57.9 Å². The van der Waals surface area contributed by atoms with Crippen molar-refractivity contribution < 1.29 is 24.5 Å². The summed E-state index contributed by atoms with van der Waals surface area (Å²) in [6, 6.07) is 6.38. The molecule has 0 radical (unpaired) electrons. The predicted molar refractivity (Wildman–Crippen MR) is 131 cm³/mol. The van der Waals surface area contributed by atoms with Gasteiger partial charge in [0.15, 0.2) is 0 Å². The fourth-order valence-electron chi connectivity index (χ4n) is 4.13. The van der Waals surface area contributed by atoms with Gasteiger partial charge >= 0.3 is 5.97 Å². The lowest BCUT2D eigenvalue weighted by molar-refractivity contribution is -0.139. The molecular formula is C26H30FNO4S. The quantitative estimate of drug-likeness (QED) is 0.373. The minimum absolute atomic E-state index is 0.0842. The van der Waals surface area contributed by atoms with Crippen LogP contribution in [0.5, 0.6) is 0 Å². The number of thiophene rings is 1. The minimum Gasteiger partial charge on any atom is -0.481 e. The van der Waals surface area contributed by atoms with Crippen LogP contribution in [-0.2, 0) is 11.2 Å². The van der Waals surface area contributed by atoms with E-state index in [1.54, 1.807) is 35.6 Å². The van der Waals surface area contributed by atoms with Crippen molar-refractivity contribution in [2.75, 3.05) is 0 Å². The molecule has 2 heterocycles. The van der Waals surface area contributed by atoms with Gasteiger partial charge in [0.25, 0.3) is 0 Å². The van der Waals surface area contributed by atoms with Crippen molar-refractivity contribution in [3.8, 4) is 11.1 Å². The second-order valence-corrected chi connectivity index (χ2v) is 9.73. The molecule has 0 unspecified atom stereocenters. The first kappa shape index (κ1) is 25.0. The normalized spacial score (nSPS) is 13.8. The van der Waals surface area contributed by atoms with Gasteiger partial charge in [-0.05, 0) is 42.5 Å². The van der Waals surface area contributed by atoms with Gasteiger partial charge in [0.2, 0.25) is 0 Å². The van der Waals surface area contributed by atoms with E-state index in [1.807, 2.05) is 13.8 Å². The Labute approximate surface area is 197 Å². The van der Waals surface area contributed by atoms with E-state index in [9.17, 15) is 19.4 Å². The number of rotatable bonds is 9. The summed E-state index contributed by atoms with van der Waals surface area (Å²) >= 11 is 1.65. The number of halogens is 1. The van der Waals surface area contributed by atoms with Crippen LogP contribution in [-0.4, -0.2) is 38.5 Å². The third-order valence-electron chi connectivity index (χ3n) is 5.65. The SMILES string of the molecule is CCc1c(C)sc2nc(C(C)C)c(/C=C/[C@@H](O)C[C@@H](O)CC(=O)O)c(-c3ccc(F)cc3)c12. The van der Waals surface area contributed by atoms with E-state index in [-0.39, 0.29) is 18.2 Å². The Hall–Kier alpha value is -2.61. The van der Waals surface area contributed by atoms with Crippen LogP contribution in [0.2, 0.25) is 0 Å². The van der Waals surface area contributed by atoms with E-state index >= 15 is 0 Å². The highest BCUT2D eigenvalue weighted by Gasteiger charge is 2.22. The zero-order valence-electron chi connectivity index (χ0n) is 19.3. The number of pyridine rings is 1. The Morgan fingerprint density at radius 2 is 1.88 bits per heavy atom. The van der Waals surface area contributed by atoms with E-state index < -0.39 is 24.6 Å². The number of fused-ring (bicyclic) bond motifs is 1. The van der Waals surface area contributed by atoms with Gasteiger partial charge in [-0.1, -0.05) is 45.1 Å². The number of aromatic nitrogens is 1. The van der Waals surface area contributed by atoms with Crippen molar-refractivity contribution in [2.45, 2.75) is 65.1 Å². The molecule has 33 heavy (non-hydrogen) atoms. The van der Waals surface area contributed by atoms with Gasteiger partial charge in [0, 0.05) is 27.8 Å². The van der Waals surface area contributed by atoms with Crippen LogP contribution in [0.3, 0.4) is 0 Å². The van der Waals surface area contributed by atoms with Gasteiger partial charge in [-0.2, -0.15) is 0 Å². The summed E-state index contributed by atoms with van der Waals surface area (Å²) in [5, 5.41) is 30.2. The Morgan fingerprint density at radius 1 is 1.21 bits per heavy atom. The van der Waals surface area contributed by atoms with E-state index in [2.05, 4.69) is 13.8 Å². The monoisotopic (exact) mass is 471 g/mol. The van der Waals surface area contributed by atoms with Crippen molar-refractivity contribution in [2.24, 2.45) is 0 Å². The van der Waals surface area contributed by atoms with Crippen LogP contribution >= 0.6 is 11.3 Å². The first-order chi connectivity index (χ1) is 15.6. The van der Waals surface area contributed by atoms with Crippen LogP contribution in [0.4, 0.5) is 4.39 Å². The molecule has 0 saturated carbocycles. The second-order valence-electron chi connectivity index (χ2n) is 8.53. The second kappa shape index (κ2) is 10.5. The zero-order valence-corrected chi connectivity index (χ0v) is 20.1. The highest BCUT2D eigenvalue weighted by Crippen LogP contribution is 2.42. The molecule has 0 aliphatic heterocycles. The fraction of sp³-hybridized carbons (Fsp3) is 0.385. The molecule has 0 saturated heterocycles. The Kier molecular flexibility index (Phi) is 8.00. The van der Waals surface area contributed by atoms with Crippen LogP contribution in [0.15, 0.2) is 30.3 Å². The number of hydrogen-bond acceptors (Lipinski definition) is 5. The molecule has 0 spiro atoms. The lowest BCUT2D eigenvalue weighted by Crippen LogP contribution is -2.19. The molecule has 2 atom stereocenters. The summed E-state index contributed by atoms with van der Waals surface area (Å²) in [4.78, 5) is 17.9. The predicted octanol–water partition coefficient (Wildman–Crippen LogP) is 5.70. The summed E-state index contributed by atoms with van der Waals surface area (Å²) in [5.41, 5.74) is 4.70. The first-order valence-electron chi connectivity index (χ1n) is 11.1. The molecule has 176 valence electrons. The largest absolute Gasteiger partial charge is 0.481 e. The Balaban J connectivity index is 2.21. The summed E-state index contributed by atoms with van der Waals surface area (Å²) in [7, 11) is 0. The molecule has 2 aromatic heterocycles. The van der Waals surface area contributed by atoms with Gasteiger partial charge in [-0.25, -0.2) is 9.37 Å². The van der Waals surface area contributed by atoms with Crippen LogP contribution in [0.25, 0.3) is 27.4 Å². The molecule has 5 nitrogen and oxygen atoms in total. The van der Waals surface area contributed by atoms with Gasteiger partial charge in [0.05, 0.1) is 24.3 Å². The molecule has 1 aromatic carbocycles. The van der Waals surface area contributed by atoms with E-state index in [1.165, 1.54) is 22.6 Å². The van der Waals surface area contributed by atoms with Gasteiger partial charge in [-0.3, -0.25) is 4.79 Å². The maximum atomic E-state index is 13.7. The van der Waals surface area contributed by atoms with Crippen molar-refractivity contribution in [1.29, 1.82) is 0 Å². The molecule has 0 fully saturated rings. The molecular weight excluding hydrogens is 441 g/mol. The lowest BCUT2D eigenvalue weighted by Gasteiger charge is -2.18. The maximum Gasteiger partial charge on any atom is 0.305 e. The smallest absolute Gasteiger partial charge is 0.305 e. The number of carbonyl (C=O) groups is 1. The van der Waals surface area contributed by atoms with Gasteiger partial charge < -0.3 is 15.3 Å². The third kappa shape index (κ3) is 5.66. The lowest BCUT2D eigenvalue weighted by atomic mass is 9.90. The number of aliphatic hydroxyl groups is 2. The average Bonchev–Trinajstić information content (AvgIpc) is 3.05. The molecule has 0 amide bonds. The summed E-state index contributed by atoms with van der Waals surface area (Å²) in [6.45, 7) is 8.28. The molecule has 3 aromatic rings.